The Bertz CT molecular complexity index is 902. The van der Waals surface area contributed by atoms with Gasteiger partial charge in [-0.3, -0.25) is 14.3 Å². The number of halogens is 2. The summed E-state index contributed by atoms with van der Waals surface area (Å²) in [6.07, 6.45) is 0. The maximum Gasteiger partial charge on any atom is 1.00 e. The predicted octanol–water partition coefficient (Wildman–Crippen LogP) is -3.93. The van der Waals surface area contributed by atoms with Gasteiger partial charge in [-0.1, -0.05) is 23.2 Å². The van der Waals surface area contributed by atoms with Gasteiger partial charge in [0.05, 0.1) is 17.4 Å². The molecule has 12 heteroatoms. The van der Waals surface area contributed by atoms with Crippen molar-refractivity contribution in [2.24, 2.45) is 0 Å². The Morgan fingerprint density at radius 1 is 1.12 bits per heavy atom. The summed E-state index contributed by atoms with van der Waals surface area (Å²) in [5.41, 5.74) is -4.93. The van der Waals surface area contributed by atoms with Gasteiger partial charge in [0.15, 0.2) is 5.56 Å². The summed E-state index contributed by atoms with van der Waals surface area (Å²) >= 11 is 11.5. The second-order valence-corrected chi connectivity index (χ2v) is 4.91. The molecule has 9 nitrogen and oxygen atoms in total. The largest absolute Gasteiger partial charge is 1.00 e. The van der Waals surface area contributed by atoms with Gasteiger partial charge in [-0.15, -0.1) is 0 Å². The van der Waals surface area contributed by atoms with E-state index in [0.717, 1.165) is 0 Å². The van der Waals surface area contributed by atoms with Crippen LogP contribution in [0.15, 0.2) is 27.8 Å². The van der Waals surface area contributed by atoms with Gasteiger partial charge in [-0.05, 0) is 18.2 Å². The van der Waals surface area contributed by atoms with Crippen LogP contribution in [0.2, 0.25) is 10.0 Å². The molecule has 0 unspecified atom stereocenters. The van der Waals surface area contributed by atoms with E-state index in [2.05, 4.69) is 0 Å². The van der Waals surface area contributed by atoms with Gasteiger partial charge in [0.2, 0.25) is 0 Å². The number of aromatic carboxylic acids is 2. The van der Waals surface area contributed by atoms with Crippen molar-refractivity contribution in [2.75, 3.05) is 0 Å². The molecule has 1 aromatic carbocycles. The maximum absolute atomic E-state index is 11.9. The first-order valence-electron chi connectivity index (χ1n) is 5.53. The molecule has 1 heterocycles. The molecule has 0 spiro atoms. The topological polar surface area (TPSA) is 164 Å². The minimum Gasteiger partial charge on any atom is -0.543 e. The van der Waals surface area contributed by atoms with E-state index < -0.39 is 34.4 Å². The van der Waals surface area contributed by atoms with Crippen molar-refractivity contribution in [3.05, 3.63) is 60.3 Å². The molecule has 0 aliphatic carbocycles. The third-order valence-corrected chi connectivity index (χ3v) is 3.06. The second-order valence-electron chi connectivity index (χ2n) is 4.04. The molecule has 2 aromatic rings. The first-order chi connectivity index (χ1) is 10.2. The number of aromatic amines is 1. The van der Waals surface area contributed by atoms with Crippen molar-refractivity contribution in [1.82, 2.24) is 9.55 Å². The number of H-pyrrole nitrogens is 1. The summed E-state index contributed by atoms with van der Waals surface area (Å²) in [5, 5.41) is 20.4. The molecule has 0 saturated heterocycles. The van der Waals surface area contributed by atoms with Crippen molar-refractivity contribution in [3.63, 3.8) is 0 Å². The fraction of sp³-hybridized carbons (Fsp3) is 0. The van der Waals surface area contributed by atoms with Crippen molar-refractivity contribution < 1.29 is 54.8 Å². The van der Waals surface area contributed by atoms with Crippen LogP contribution in [0.5, 0.6) is 0 Å². The van der Waals surface area contributed by atoms with E-state index in [1.54, 1.807) is 4.98 Å². The van der Waals surface area contributed by atoms with Gasteiger partial charge in [-0.25, -0.2) is 9.59 Å². The molecule has 0 bridgehead atoms. The molecule has 4 N–H and O–H groups in total. The molecule has 122 valence electrons. The minimum atomic E-state index is -2.02. The first kappa shape index (κ1) is 22.4. The van der Waals surface area contributed by atoms with E-state index in [4.69, 9.17) is 28.3 Å². The fourth-order valence-electron chi connectivity index (χ4n) is 1.84. The molecular weight excluding hydrogens is 378 g/mol. The number of nitrogens with one attached hydrogen (secondary N) is 1. The van der Waals surface area contributed by atoms with Crippen molar-refractivity contribution in [1.29, 1.82) is 0 Å². The zero-order valence-corrected chi connectivity index (χ0v) is 15.4. The predicted molar refractivity (Wildman–Crippen MR) is 77.6 cm³/mol. The summed E-state index contributed by atoms with van der Waals surface area (Å²) in [5.74, 6) is -3.85. The van der Waals surface area contributed by atoms with Gasteiger partial charge in [0.1, 0.15) is 0 Å². The molecule has 24 heavy (non-hydrogen) atoms. The molecule has 0 aliphatic rings. The Morgan fingerprint density at radius 3 is 2.04 bits per heavy atom. The van der Waals surface area contributed by atoms with Crippen LogP contribution in [0.1, 0.15) is 20.8 Å². The molecule has 0 atom stereocenters. The Labute approximate surface area is 165 Å². The van der Waals surface area contributed by atoms with Crippen LogP contribution in [0.4, 0.5) is 0 Å². The van der Waals surface area contributed by atoms with E-state index >= 15 is 0 Å². The SMILES string of the molecule is O.O=C(O)c1c(C(=O)[O-])n(-c2cc(Cl)cc(Cl)c2)c(=O)[nH]c1=O.[Na+]. The third kappa shape index (κ3) is 4.26. The molecule has 0 radical (unpaired) electrons. The van der Waals surface area contributed by atoms with Gasteiger partial charge < -0.3 is 20.5 Å². The van der Waals surface area contributed by atoms with E-state index in [-0.39, 0.29) is 50.8 Å². The van der Waals surface area contributed by atoms with Crippen molar-refractivity contribution in [2.45, 2.75) is 0 Å². The van der Waals surface area contributed by atoms with Crippen LogP contribution in [0.25, 0.3) is 5.69 Å². The number of nitrogens with zero attached hydrogens (tertiary/aromatic N) is 1. The first-order valence-corrected chi connectivity index (χ1v) is 6.28. The molecule has 0 aliphatic heterocycles. The van der Waals surface area contributed by atoms with Gasteiger partial charge in [0.25, 0.3) is 5.56 Å². The van der Waals surface area contributed by atoms with Crippen molar-refractivity contribution >= 4 is 35.1 Å². The van der Waals surface area contributed by atoms with Gasteiger partial charge in [0, 0.05) is 10.0 Å². The number of carboxylic acid groups (broad SMARTS) is 2. The standard InChI is InChI=1S/C12H6Cl2N2O6.Na.H2O/c13-4-1-5(14)3-6(2-4)16-8(11(20)21)7(10(18)19)9(17)15-12(16)22;;/h1-3H,(H,18,19)(H,20,21)(H,15,17,22);;1H2/q;+1;/p-1. The average Bonchev–Trinajstić information content (AvgIpc) is 2.35. The van der Waals surface area contributed by atoms with Crippen LogP contribution in [0, 0.1) is 0 Å². The molecular formula is C12H7Cl2N2NaO7. The van der Waals surface area contributed by atoms with Gasteiger partial charge in [-0.2, -0.15) is 0 Å². The van der Waals surface area contributed by atoms with Crippen LogP contribution in [-0.4, -0.2) is 32.1 Å². The number of carbonyl (C=O) groups is 2. The normalized spacial score (nSPS) is 9.58. The number of hydrogen-bond acceptors (Lipinski definition) is 5. The van der Waals surface area contributed by atoms with E-state index in [0.29, 0.717) is 4.57 Å². The second kappa shape index (κ2) is 8.47. The van der Waals surface area contributed by atoms with E-state index in [1.165, 1.54) is 18.2 Å². The molecule has 2 rings (SSSR count). The zero-order valence-electron chi connectivity index (χ0n) is 11.9. The molecule has 0 amide bonds. The molecule has 1 aromatic heterocycles. The quantitative estimate of drug-likeness (QED) is 0.513. The Morgan fingerprint density at radius 2 is 1.62 bits per heavy atom. The summed E-state index contributed by atoms with van der Waals surface area (Å²) in [7, 11) is 0. The number of rotatable bonds is 3. The minimum absolute atomic E-state index is 0. The van der Waals surface area contributed by atoms with Crippen LogP contribution < -0.4 is 45.9 Å². The monoisotopic (exact) mass is 384 g/mol. The fourth-order valence-corrected chi connectivity index (χ4v) is 2.36. The van der Waals surface area contributed by atoms with Crippen LogP contribution >= 0.6 is 23.2 Å². The maximum atomic E-state index is 11.9. The van der Waals surface area contributed by atoms with Crippen molar-refractivity contribution in [3.8, 4) is 5.69 Å². The van der Waals surface area contributed by atoms with E-state index in [9.17, 15) is 24.3 Å². The number of aromatic nitrogens is 2. The zero-order chi connectivity index (χ0) is 16.6. The van der Waals surface area contributed by atoms with Crippen LogP contribution in [0.3, 0.4) is 0 Å². The number of carboxylic acids is 2. The smallest absolute Gasteiger partial charge is 0.543 e. The van der Waals surface area contributed by atoms with Gasteiger partial charge >= 0.3 is 41.2 Å². The summed E-state index contributed by atoms with van der Waals surface area (Å²) in [4.78, 5) is 47.5. The average molecular weight is 385 g/mol. The molecule has 0 fully saturated rings. The number of carbonyl (C=O) groups excluding carboxylic acids is 1. The number of hydrogen-bond donors (Lipinski definition) is 2. The number of benzene rings is 1. The Balaban J connectivity index is 0.00000264. The Kier molecular flexibility index (Phi) is 7.90. The Hall–Kier alpha value is -1.62. The van der Waals surface area contributed by atoms with Crippen LogP contribution in [-0.2, 0) is 0 Å². The molecule has 0 saturated carbocycles. The third-order valence-electron chi connectivity index (χ3n) is 2.62. The summed E-state index contributed by atoms with van der Waals surface area (Å²) in [6, 6.07) is 3.66. The summed E-state index contributed by atoms with van der Waals surface area (Å²) < 4.78 is 0.442. The van der Waals surface area contributed by atoms with E-state index in [1.807, 2.05) is 0 Å². The summed E-state index contributed by atoms with van der Waals surface area (Å²) in [6.45, 7) is 0.